The van der Waals surface area contributed by atoms with Crippen LogP contribution in [0.5, 0.6) is 0 Å². The average molecular weight is 344 g/mol. The van der Waals surface area contributed by atoms with Crippen molar-refractivity contribution < 1.29 is 14.4 Å². The number of benzene rings is 1. The van der Waals surface area contributed by atoms with Crippen molar-refractivity contribution >= 4 is 17.7 Å². The number of nitrogens with zero attached hydrogens (tertiary/aromatic N) is 1. The topological polar surface area (TPSA) is 125 Å². The summed E-state index contributed by atoms with van der Waals surface area (Å²) in [5.74, 6) is -1.42. The van der Waals surface area contributed by atoms with E-state index in [9.17, 15) is 14.4 Å². The van der Waals surface area contributed by atoms with Crippen LogP contribution in [0.3, 0.4) is 0 Å². The SMILES string of the molecule is CC(=O)N[C@@H](Cc1ccccc1)C(=O)N[C@H](CCCCC#N)C(N)=O. The molecule has 0 aromatic heterocycles. The summed E-state index contributed by atoms with van der Waals surface area (Å²) in [7, 11) is 0. The van der Waals surface area contributed by atoms with Gasteiger partial charge in [0.05, 0.1) is 6.07 Å². The molecule has 25 heavy (non-hydrogen) atoms. The third-order valence-corrected chi connectivity index (χ3v) is 3.67. The van der Waals surface area contributed by atoms with E-state index < -0.39 is 23.9 Å². The molecule has 0 heterocycles. The zero-order chi connectivity index (χ0) is 18.7. The predicted molar refractivity (Wildman–Crippen MR) is 93.0 cm³/mol. The van der Waals surface area contributed by atoms with Crippen molar-refractivity contribution in [1.29, 1.82) is 5.26 Å². The lowest BCUT2D eigenvalue weighted by molar-refractivity contribution is -0.130. The Bertz CT molecular complexity index is 625. The molecule has 1 aromatic carbocycles. The van der Waals surface area contributed by atoms with E-state index in [1.54, 1.807) is 0 Å². The van der Waals surface area contributed by atoms with E-state index in [4.69, 9.17) is 11.0 Å². The van der Waals surface area contributed by atoms with Gasteiger partial charge < -0.3 is 16.4 Å². The predicted octanol–water partition coefficient (Wildman–Crippen LogP) is 0.788. The first-order valence-corrected chi connectivity index (χ1v) is 8.21. The highest BCUT2D eigenvalue weighted by Crippen LogP contribution is 2.06. The van der Waals surface area contributed by atoms with Crippen LogP contribution in [0.1, 0.15) is 38.2 Å². The number of carbonyl (C=O) groups excluding carboxylic acids is 3. The van der Waals surface area contributed by atoms with E-state index in [1.165, 1.54) is 6.92 Å². The van der Waals surface area contributed by atoms with E-state index in [-0.39, 0.29) is 5.91 Å². The van der Waals surface area contributed by atoms with Gasteiger partial charge in [0.15, 0.2) is 0 Å². The van der Waals surface area contributed by atoms with Crippen LogP contribution < -0.4 is 16.4 Å². The Balaban J connectivity index is 2.72. The van der Waals surface area contributed by atoms with E-state index in [2.05, 4.69) is 10.6 Å². The van der Waals surface area contributed by atoms with Crippen LogP contribution in [0.4, 0.5) is 0 Å². The molecule has 0 unspecified atom stereocenters. The molecule has 0 saturated carbocycles. The number of nitrogens with one attached hydrogen (secondary N) is 2. The standard InChI is InChI=1S/C18H24N4O3/c1-13(23)21-16(12-14-8-4-2-5-9-14)18(25)22-15(17(20)24)10-6-3-7-11-19/h2,4-5,8-9,15-16H,3,6-7,10,12H2,1H3,(H2,20,24)(H,21,23)(H,22,25)/t15-,16+/m1/s1. The first-order valence-electron chi connectivity index (χ1n) is 8.21. The lowest BCUT2D eigenvalue weighted by Gasteiger charge is -2.21. The van der Waals surface area contributed by atoms with Gasteiger partial charge in [0.1, 0.15) is 12.1 Å². The second-order valence-corrected chi connectivity index (χ2v) is 5.81. The summed E-state index contributed by atoms with van der Waals surface area (Å²) in [5, 5.41) is 13.7. The summed E-state index contributed by atoms with van der Waals surface area (Å²) in [4.78, 5) is 35.5. The van der Waals surface area contributed by atoms with Gasteiger partial charge >= 0.3 is 0 Å². The molecular formula is C18H24N4O3. The molecule has 0 aliphatic carbocycles. The van der Waals surface area contributed by atoms with Gasteiger partial charge in [-0.25, -0.2) is 0 Å². The van der Waals surface area contributed by atoms with Crippen molar-refractivity contribution in [1.82, 2.24) is 10.6 Å². The summed E-state index contributed by atoms with van der Waals surface area (Å²) in [6, 6.07) is 9.68. The number of nitriles is 1. The van der Waals surface area contributed by atoms with Gasteiger partial charge in [-0.15, -0.1) is 0 Å². The zero-order valence-electron chi connectivity index (χ0n) is 14.3. The highest BCUT2D eigenvalue weighted by Gasteiger charge is 2.24. The molecule has 1 aromatic rings. The van der Waals surface area contributed by atoms with Gasteiger partial charge in [-0.3, -0.25) is 14.4 Å². The number of unbranched alkanes of at least 4 members (excludes halogenated alkanes) is 2. The van der Waals surface area contributed by atoms with Crippen molar-refractivity contribution in [2.45, 2.75) is 51.1 Å². The maximum absolute atomic E-state index is 12.5. The average Bonchev–Trinajstić information content (AvgIpc) is 2.57. The fourth-order valence-electron chi connectivity index (χ4n) is 2.41. The molecular weight excluding hydrogens is 320 g/mol. The van der Waals surface area contributed by atoms with Crippen LogP contribution in [0.15, 0.2) is 30.3 Å². The number of amides is 3. The number of rotatable bonds is 10. The van der Waals surface area contributed by atoms with E-state index >= 15 is 0 Å². The Kier molecular flexibility index (Phi) is 8.72. The van der Waals surface area contributed by atoms with Crippen LogP contribution in [0.25, 0.3) is 0 Å². The van der Waals surface area contributed by atoms with Crippen LogP contribution in [-0.4, -0.2) is 29.8 Å². The molecule has 0 bridgehead atoms. The summed E-state index contributed by atoms with van der Waals surface area (Å²) < 4.78 is 0. The van der Waals surface area contributed by atoms with Crippen molar-refractivity contribution in [3.63, 3.8) is 0 Å². The minimum Gasteiger partial charge on any atom is -0.368 e. The number of carbonyl (C=O) groups is 3. The highest BCUT2D eigenvalue weighted by molar-refractivity contribution is 5.91. The molecule has 2 atom stereocenters. The van der Waals surface area contributed by atoms with Crippen molar-refractivity contribution in [3.05, 3.63) is 35.9 Å². The number of hydrogen-bond donors (Lipinski definition) is 3. The Morgan fingerprint density at radius 2 is 1.80 bits per heavy atom. The number of primary amides is 1. The zero-order valence-corrected chi connectivity index (χ0v) is 14.3. The van der Waals surface area contributed by atoms with Gasteiger partial charge in [0.2, 0.25) is 17.7 Å². The minimum absolute atomic E-state index is 0.312. The lowest BCUT2D eigenvalue weighted by atomic mass is 10.0. The molecule has 0 spiro atoms. The van der Waals surface area contributed by atoms with Crippen LogP contribution >= 0.6 is 0 Å². The van der Waals surface area contributed by atoms with E-state index in [0.29, 0.717) is 32.1 Å². The van der Waals surface area contributed by atoms with Crippen LogP contribution in [0.2, 0.25) is 0 Å². The largest absolute Gasteiger partial charge is 0.368 e. The summed E-state index contributed by atoms with van der Waals surface area (Å²) >= 11 is 0. The maximum Gasteiger partial charge on any atom is 0.243 e. The third-order valence-electron chi connectivity index (χ3n) is 3.67. The fourth-order valence-corrected chi connectivity index (χ4v) is 2.41. The van der Waals surface area contributed by atoms with Crippen LogP contribution in [0, 0.1) is 11.3 Å². The Morgan fingerprint density at radius 1 is 1.12 bits per heavy atom. The van der Waals surface area contributed by atoms with Crippen molar-refractivity contribution in [2.75, 3.05) is 0 Å². The molecule has 134 valence electrons. The van der Waals surface area contributed by atoms with E-state index in [0.717, 1.165) is 5.56 Å². The second kappa shape index (κ2) is 10.8. The Hall–Kier alpha value is -2.88. The third kappa shape index (κ3) is 7.97. The molecule has 0 fully saturated rings. The van der Waals surface area contributed by atoms with Crippen molar-refractivity contribution in [3.8, 4) is 6.07 Å². The number of nitrogens with two attached hydrogens (primary N) is 1. The molecule has 0 aliphatic heterocycles. The minimum atomic E-state index is -0.821. The van der Waals surface area contributed by atoms with E-state index in [1.807, 2.05) is 36.4 Å². The molecule has 7 nitrogen and oxygen atoms in total. The number of hydrogen-bond acceptors (Lipinski definition) is 4. The molecule has 0 radical (unpaired) electrons. The van der Waals surface area contributed by atoms with Gasteiger partial charge in [0.25, 0.3) is 0 Å². The fraction of sp³-hybridized carbons (Fsp3) is 0.444. The first-order chi connectivity index (χ1) is 11.9. The van der Waals surface area contributed by atoms with Gasteiger partial charge in [-0.2, -0.15) is 5.26 Å². The van der Waals surface area contributed by atoms with Gasteiger partial charge in [-0.1, -0.05) is 30.3 Å². The molecule has 0 aliphatic rings. The molecule has 3 amide bonds. The summed E-state index contributed by atoms with van der Waals surface area (Å²) in [6.07, 6.45) is 2.30. The Labute approximate surface area is 147 Å². The maximum atomic E-state index is 12.5. The molecule has 7 heteroatoms. The second-order valence-electron chi connectivity index (χ2n) is 5.81. The van der Waals surface area contributed by atoms with Crippen LogP contribution in [-0.2, 0) is 20.8 Å². The molecule has 4 N–H and O–H groups in total. The smallest absolute Gasteiger partial charge is 0.243 e. The van der Waals surface area contributed by atoms with Gasteiger partial charge in [0, 0.05) is 19.8 Å². The van der Waals surface area contributed by atoms with Gasteiger partial charge in [-0.05, 0) is 24.8 Å². The quantitative estimate of drug-likeness (QED) is 0.542. The summed E-state index contributed by atoms with van der Waals surface area (Å²) in [5.41, 5.74) is 6.24. The Morgan fingerprint density at radius 3 is 2.36 bits per heavy atom. The first kappa shape index (κ1) is 20.2. The highest BCUT2D eigenvalue weighted by atomic mass is 16.2. The monoisotopic (exact) mass is 344 g/mol. The molecule has 1 rings (SSSR count). The normalized spacial score (nSPS) is 12.5. The summed E-state index contributed by atoms with van der Waals surface area (Å²) in [6.45, 7) is 1.33. The van der Waals surface area contributed by atoms with Crippen molar-refractivity contribution in [2.24, 2.45) is 5.73 Å². The lowest BCUT2D eigenvalue weighted by Crippen LogP contribution is -2.53. The molecule has 0 saturated heterocycles.